The van der Waals surface area contributed by atoms with Gasteiger partial charge in [-0.05, 0) is 37.3 Å². The van der Waals surface area contributed by atoms with Crippen molar-refractivity contribution in [1.82, 2.24) is 9.88 Å². The van der Waals surface area contributed by atoms with Crippen molar-refractivity contribution < 1.29 is 4.79 Å². The lowest BCUT2D eigenvalue weighted by atomic mass is 9.93. The van der Waals surface area contributed by atoms with Crippen molar-refractivity contribution in [3.05, 3.63) is 23.4 Å². The van der Waals surface area contributed by atoms with Crippen LogP contribution in [0, 0.1) is 5.92 Å². The second-order valence-corrected chi connectivity index (χ2v) is 6.05. The Balaban J connectivity index is 1.88. The lowest BCUT2D eigenvalue weighted by Crippen LogP contribution is -2.36. The number of hydrogen-bond acceptors (Lipinski definition) is 3. The number of hydrogen-bond donors (Lipinski definition) is 0. The van der Waals surface area contributed by atoms with Crippen LogP contribution in [0.25, 0.3) is 0 Å². The standard InChI is InChI=1S/C15H22ClN3O/c1-18(2)15(20)8-5-12-4-3-9-19(11-12)14-7-6-13(16)10-17-14/h6-7,10,12H,3-5,8-9,11H2,1-2H3/t12-/m1/s1. The molecule has 20 heavy (non-hydrogen) atoms. The summed E-state index contributed by atoms with van der Waals surface area (Å²) in [6.45, 7) is 2.02. The summed E-state index contributed by atoms with van der Waals surface area (Å²) in [6, 6.07) is 3.85. The zero-order valence-electron chi connectivity index (χ0n) is 12.2. The molecule has 2 rings (SSSR count). The van der Waals surface area contributed by atoms with Gasteiger partial charge in [0.15, 0.2) is 0 Å². The monoisotopic (exact) mass is 295 g/mol. The second kappa shape index (κ2) is 6.93. The molecule has 1 aliphatic heterocycles. The van der Waals surface area contributed by atoms with Crippen LogP contribution in [-0.4, -0.2) is 43.0 Å². The molecule has 1 aromatic heterocycles. The van der Waals surface area contributed by atoms with Gasteiger partial charge in [0, 0.05) is 39.8 Å². The quantitative estimate of drug-likeness (QED) is 0.857. The molecule has 1 fully saturated rings. The lowest BCUT2D eigenvalue weighted by molar-refractivity contribution is -0.129. The van der Waals surface area contributed by atoms with Crippen molar-refractivity contribution in [2.24, 2.45) is 5.92 Å². The van der Waals surface area contributed by atoms with Crippen LogP contribution in [0.4, 0.5) is 5.82 Å². The van der Waals surface area contributed by atoms with E-state index in [1.165, 1.54) is 6.42 Å². The maximum absolute atomic E-state index is 11.7. The van der Waals surface area contributed by atoms with Crippen LogP contribution >= 0.6 is 11.6 Å². The maximum atomic E-state index is 11.7. The van der Waals surface area contributed by atoms with E-state index in [2.05, 4.69) is 9.88 Å². The van der Waals surface area contributed by atoms with E-state index in [4.69, 9.17) is 11.6 Å². The largest absolute Gasteiger partial charge is 0.356 e. The Kier molecular flexibility index (Phi) is 5.24. The summed E-state index contributed by atoms with van der Waals surface area (Å²) in [7, 11) is 3.63. The molecule has 1 amide bonds. The van der Waals surface area contributed by atoms with Gasteiger partial charge in [-0.15, -0.1) is 0 Å². The average Bonchev–Trinajstić information content (AvgIpc) is 2.45. The van der Waals surface area contributed by atoms with Gasteiger partial charge in [-0.3, -0.25) is 4.79 Å². The Bertz CT molecular complexity index is 447. The van der Waals surface area contributed by atoms with E-state index in [9.17, 15) is 4.79 Å². The van der Waals surface area contributed by atoms with E-state index in [0.29, 0.717) is 17.4 Å². The van der Waals surface area contributed by atoms with E-state index in [-0.39, 0.29) is 5.91 Å². The van der Waals surface area contributed by atoms with E-state index in [1.54, 1.807) is 11.1 Å². The van der Waals surface area contributed by atoms with E-state index in [0.717, 1.165) is 31.7 Å². The molecule has 0 aliphatic carbocycles. The van der Waals surface area contributed by atoms with Gasteiger partial charge in [0.2, 0.25) is 5.91 Å². The first-order chi connectivity index (χ1) is 9.56. The van der Waals surface area contributed by atoms with Crippen molar-refractivity contribution in [3.8, 4) is 0 Å². The third kappa shape index (κ3) is 4.10. The molecule has 110 valence electrons. The Hall–Kier alpha value is -1.29. The van der Waals surface area contributed by atoms with Crippen LogP contribution in [0.5, 0.6) is 0 Å². The van der Waals surface area contributed by atoms with Gasteiger partial charge in [-0.2, -0.15) is 0 Å². The van der Waals surface area contributed by atoms with Crippen molar-refractivity contribution in [2.75, 3.05) is 32.1 Å². The maximum Gasteiger partial charge on any atom is 0.222 e. The Morgan fingerprint density at radius 1 is 1.50 bits per heavy atom. The molecule has 1 aromatic rings. The Labute approximate surface area is 125 Å². The predicted octanol–water partition coefficient (Wildman–Crippen LogP) is 2.82. The van der Waals surface area contributed by atoms with Crippen LogP contribution < -0.4 is 4.90 Å². The zero-order valence-corrected chi connectivity index (χ0v) is 12.9. The average molecular weight is 296 g/mol. The molecule has 4 nitrogen and oxygen atoms in total. The van der Waals surface area contributed by atoms with Gasteiger partial charge in [0.05, 0.1) is 5.02 Å². The Morgan fingerprint density at radius 2 is 2.30 bits per heavy atom. The molecule has 5 heteroatoms. The van der Waals surface area contributed by atoms with Gasteiger partial charge >= 0.3 is 0 Å². The summed E-state index contributed by atoms with van der Waals surface area (Å²) in [4.78, 5) is 20.0. The minimum Gasteiger partial charge on any atom is -0.356 e. The number of pyridine rings is 1. The van der Waals surface area contributed by atoms with Gasteiger partial charge in [0.25, 0.3) is 0 Å². The van der Waals surface area contributed by atoms with E-state index in [1.807, 2.05) is 26.2 Å². The summed E-state index contributed by atoms with van der Waals surface area (Å²) in [6.07, 6.45) is 5.65. The van der Waals surface area contributed by atoms with Gasteiger partial charge in [-0.25, -0.2) is 4.98 Å². The SMILES string of the molecule is CN(C)C(=O)CC[C@H]1CCCN(c2ccc(Cl)cn2)C1. The molecule has 0 radical (unpaired) electrons. The molecule has 0 bridgehead atoms. The van der Waals surface area contributed by atoms with Crippen LogP contribution in [-0.2, 0) is 4.79 Å². The number of carbonyl (C=O) groups excluding carboxylic acids is 1. The van der Waals surface area contributed by atoms with Crippen LogP contribution in [0.1, 0.15) is 25.7 Å². The molecular weight excluding hydrogens is 274 g/mol. The smallest absolute Gasteiger partial charge is 0.222 e. The number of anilines is 1. The number of amides is 1. The molecule has 0 aromatic carbocycles. The number of piperidine rings is 1. The molecule has 2 heterocycles. The highest BCUT2D eigenvalue weighted by molar-refractivity contribution is 6.30. The Morgan fingerprint density at radius 3 is 2.95 bits per heavy atom. The second-order valence-electron chi connectivity index (χ2n) is 5.62. The molecule has 1 aliphatic rings. The van der Waals surface area contributed by atoms with Gasteiger partial charge in [-0.1, -0.05) is 11.6 Å². The van der Waals surface area contributed by atoms with Gasteiger partial charge in [0.1, 0.15) is 5.82 Å². The van der Waals surface area contributed by atoms with Crippen LogP contribution in [0.3, 0.4) is 0 Å². The fourth-order valence-corrected chi connectivity index (χ4v) is 2.73. The highest BCUT2D eigenvalue weighted by Gasteiger charge is 2.21. The highest BCUT2D eigenvalue weighted by Crippen LogP contribution is 2.25. The van der Waals surface area contributed by atoms with Crippen molar-refractivity contribution >= 4 is 23.3 Å². The number of nitrogens with zero attached hydrogens (tertiary/aromatic N) is 3. The first-order valence-corrected chi connectivity index (χ1v) is 7.50. The summed E-state index contributed by atoms with van der Waals surface area (Å²) in [5.41, 5.74) is 0. The van der Waals surface area contributed by atoms with Crippen LogP contribution in [0.15, 0.2) is 18.3 Å². The molecule has 0 saturated carbocycles. The minimum atomic E-state index is 0.215. The summed E-state index contributed by atoms with van der Waals surface area (Å²) >= 11 is 5.87. The first-order valence-electron chi connectivity index (χ1n) is 7.13. The molecule has 1 saturated heterocycles. The molecule has 1 atom stereocenters. The number of halogens is 1. The van der Waals surface area contributed by atoms with Crippen molar-refractivity contribution in [3.63, 3.8) is 0 Å². The van der Waals surface area contributed by atoms with E-state index >= 15 is 0 Å². The molecule has 0 unspecified atom stereocenters. The summed E-state index contributed by atoms with van der Waals surface area (Å²) in [5, 5.41) is 0.666. The summed E-state index contributed by atoms with van der Waals surface area (Å²) in [5.74, 6) is 1.77. The first kappa shape index (κ1) is 15.1. The fraction of sp³-hybridized carbons (Fsp3) is 0.600. The number of aromatic nitrogens is 1. The minimum absolute atomic E-state index is 0.215. The van der Waals surface area contributed by atoms with Gasteiger partial charge < -0.3 is 9.80 Å². The van der Waals surface area contributed by atoms with E-state index < -0.39 is 0 Å². The lowest BCUT2D eigenvalue weighted by Gasteiger charge is -2.33. The van der Waals surface area contributed by atoms with Crippen LogP contribution in [0.2, 0.25) is 5.02 Å². The number of carbonyl (C=O) groups is 1. The molecule has 0 spiro atoms. The molecule has 0 N–H and O–H groups in total. The predicted molar refractivity (Wildman–Crippen MR) is 82.1 cm³/mol. The number of rotatable bonds is 4. The zero-order chi connectivity index (χ0) is 14.5. The topological polar surface area (TPSA) is 36.4 Å². The molecular formula is C15H22ClN3O. The van der Waals surface area contributed by atoms with Crippen molar-refractivity contribution in [2.45, 2.75) is 25.7 Å². The fourth-order valence-electron chi connectivity index (χ4n) is 2.62. The van der Waals surface area contributed by atoms with Crippen molar-refractivity contribution in [1.29, 1.82) is 0 Å². The third-order valence-corrected chi connectivity index (χ3v) is 4.04. The normalized spacial score (nSPS) is 18.9. The third-order valence-electron chi connectivity index (χ3n) is 3.82. The highest BCUT2D eigenvalue weighted by atomic mass is 35.5. The summed E-state index contributed by atoms with van der Waals surface area (Å²) < 4.78 is 0.